The fourth-order valence-electron chi connectivity index (χ4n) is 4.00. The number of carbonyl (C=O) groups is 2. The van der Waals surface area contributed by atoms with E-state index in [1.165, 1.54) is 7.11 Å². The lowest BCUT2D eigenvalue weighted by Gasteiger charge is -2.14. The molecule has 1 atom stereocenters. The molecule has 0 bridgehead atoms. The van der Waals surface area contributed by atoms with Gasteiger partial charge in [0.15, 0.2) is 12.1 Å². The van der Waals surface area contributed by atoms with E-state index in [-0.39, 0.29) is 17.7 Å². The van der Waals surface area contributed by atoms with Crippen molar-refractivity contribution in [2.75, 3.05) is 34.4 Å². The highest BCUT2D eigenvalue weighted by Crippen LogP contribution is 2.21. The van der Waals surface area contributed by atoms with Crippen LogP contribution in [0.3, 0.4) is 0 Å². The van der Waals surface area contributed by atoms with Crippen molar-refractivity contribution in [2.45, 2.75) is 13.0 Å². The van der Waals surface area contributed by atoms with Gasteiger partial charge in [-0.1, -0.05) is 0 Å². The molecule has 0 N–H and O–H groups in total. The van der Waals surface area contributed by atoms with Gasteiger partial charge in [0, 0.05) is 29.7 Å². The van der Waals surface area contributed by atoms with Crippen LogP contribution in [-0.2, 0) is 16.1 Å². The molecule has 36 heavy (non-hydrogen) atoms. The maximum atomic E-state index is 11.6. The molecular formula is C26H27N5O5. The molecule has 0 spiro atoms. The molecule has 1 fully saturated rings. The topological polar surface area (TPSA) is 117 Å². The first kappa shape index (κ1) is 24.9. The Morgan fingerprint density at radius 3 is 2.22 bits per heavy atom. The van der Waals surface area contributed by atoms with Gasteiger partial charge in [-0.3, -0.25) is 14.5 Å². The van der Waals surface area contributed by atoms with Crippen molar-refractivity contribution in [2.24, 2.45) is 5.92 Å². The molecule has 5 rings (SSSR count). The number of aromatic nitrogens is 4. The quantitative estimate of drug-likeness (QED) is 0.295. The van der Waals surface area contributed by atoms with Crippen LogP contribution in [0.25, 0.3) is 21.8 Å². The highest BCUT2D eigenvalue weighted by atomic mass is 16.5. The molecule has 0 unspecified atom stereocenters. The number of likely N-dealkylation sites (tertiary alicyclic amines) is 1. The molecule has 0 aliphatic carbocycles. The fraction of sp³-hybridized carbons (Fsp3) is 0.308. The van der Waals surface area contributed by atoms with E-state index < -0.39 is 0 Å². The molecule has 2 aromatic heterocycles. The van der Waals surface area contributed by atoms with E-state index in [1.54, 1.807) is 32.5 Å². The van der Waals surface area contributed by atoms with Gasteiger partial charge in [0.1, 0.15) is 17.3 Å². The third kappa shape index (κ3) is 5.89. The van der Waals surface area contributed by atoms with Crippen molar-refractivity contribution >= 4 is 34.1 Å². The van der Waals surface area contributed by atoms with Gasteiger partial charge < -0.3 is 14.2 Å². The summed E-state index contributed by atoms with van der Waals surface area (Å²) in [5, 5.41) is 1.81. The lowest BCUT2D eigenvalue weighted by molar-refractivity contribution is -0.144. The zero-order valence-corrected chi connectivity index (χ0v) is 20.4. The van der Waals surface area contributed by atoms with Gasteiger partial charge in [-0.2, -0.15) is 0 Å². The van der Waals surface area contributed by atoms with Crippen molar-refractivity contribution in [3.8, 4) is 11.5 Å². The minimum atomic E-state index is -0.131. The highest BCUT2D eigenvalue weighted by molar-refractivity contribution is 5.82. The van der Waals surface area contributed by atoms with Crippen LogP contribution in [0.2, 0.25) is 0 Å². The Hall–Kier alpha value is -4.18. The van der Waals surface area contributed by atoms with E-state index in [0.29, 0.717) is 19.4 Å². The molecule has 0 saturated carbocycles. The molecule has 4 aromatic rings. The van der Waals surface area contributed by atoms with Crippen molar-refractivity contribution in [1.82, 2.24) is 24.8 Å². The first-order chi connectivity index (χ1) is 17.5. The second-order valence-corrected chi connectivity index (χ2v) is 8.23. The van der Waals surface area contributed by atoms with Gasteiger partial charge in [0.25, 0.3) is 0 Å². The van der Waals surface area contributed by atoms with Gasteiger partial charge in [-0.05, 0) is 49.4 Å². The smallest absolute Gasteiger partial charge is 0.310 e. The Morgan fingerprint density at radius 1 is 0.972 bits per heavy atom. The number of rotatable bonds is 6. The minimum Gasteiger partial charge on any atom is -0.497 e. The summed E-state index contributed by atoms with van der Waals surface area (Å²) in [5.74, 6) is 2.35. The molecule has 1 aliphatic heterocycles. The van der Waals surface area contributed by atoms with Crippen LogP contribution in [0.4, 0.5) is 0 Å². The number of fused-ring (bicyclic) bond motifs is 2. The van der Waals surface area contributed by atoms with E-state index in [4.69, 9.17) is 14.2 Å². The van der Waals surface area contributed by atoms with Crippen molar-refractivity contribution < 1.29 is 23.8 Å². The Labute approximate surface area is 208 Å². The van der Waals surface area contributed by atoms with Crippen molar-refractivity contribution in [1.29, 1.82) is 0 Å². The van der Waals surface area contributed by atoms with Crippen LogP contribution in [0, 0.1) is 5.92 Å². The van der Waals surface area contributed by atoms with Crippen LogP contribution in [0.1, 0.15) is 22.9 Å². The standard InChI is InChI=1S/C16H19N3O3.C10H8N2O2/c1-21-13-3-4-14-12(7-13)8-17-15(18-14)10-19-6-5-11(9-19)16(20)22-2;1-14-8-2-3-9-7(4-8)5-11-10(6-13)12-9/h3-4,7-8,11H,5-6,9-10H2,1-2H3;2-6H,1H3/t11-;/m1./s1. The summed E-state index contributed by atoms with van der Waals surface area (Å²) in [7, 11) is 4.68. The zero-order valence-electron chi connectivity index (χ0n) is 20.4. The summed E-state index contributed by atoms with van der Waals surface area (Å²) < 4.78 is 15.1. The van der Waals surface area contributed by atoms with E-state index >= 15 is 0 Å². The first-order valence-corrected chi connectivity index (χ1v) is 11.4. The Bertz CT molecular complexity index is 1380. The van der Waals surface area contributed by atoms with E-state index in [2.05, 4.69) is 24.8 Å². The minimum absolute atomic E-state index is 0.0327. The zero-order chi connectivity index (χ0) is 25.5. The summed E-state index contributed by atoms with van der Waals surface area (Å²) in [6.07, 6.45) is 4.88. The van der Waals surface area contributed by atoms with Crippen LogP contribution in [0.5, 0.6) is 11.5 Å². The second-order valence-electron chi connectivity index (χ2n) is 8.23. The molecule has 10 heteroatoms. The largest absolute Gasteiger partial charge is 0.497 e. The Balaban J connectivity index is 0.000000187. The number of esters is 1. The second kappa shape index (κ2) is 11.5. The van der Waals surface area contributed by atoms with Gasteiger partial charge in [-0.15, -0.1) is 0 Å². The monoisotopic (exact) mass is 489 g/mol. The van der Waals surface area contributed by atoms with E-state index in [9.17, 15) is 9.59 Å². The van der Waals surface area contributed by atoms with Crippen LogP contribution in [-0.4, -0.2) is 71.5 Å². The number of hydrogen-bond acceptors (Lipinski definition) is 10. The fourth-order valence-corrected chi connectivity index (χ4v) is 4.00. The lowest BCUT2D eigenvalue weighted by Crippen LogP contribution is -2.24. The highest BCUT2D eigenvalue weighted by Gasteiger charge is 2.29. The van der Waals surface area contributed by atoms with Crippen LogP contribution >= 0.6 is 0 Å². The molecule has 1 aliphatic rings. The summed E-state index contributed by atoms with van der Waals surface area (Å²) in [6, 6.07) is 11.2. The number of ether oxygens (including phenoxy) is 3. The molecule has 1 saturated heterocycles. The number of nitrogens with zero attached hydrogens (tertiary/aromatic N) is 5. The molecule has 0 radical (unpaired) electrons. The molecule has 2 aromatic carbocycles. The number of carbonyl (C=O) groups excluding carboxylic acids is 2. The summed E-state index contributed by atoms with van der Waals surface area (Å²) in [4.78, 5) is 41.1. The molecule has 0 amide bonds. The number of hydrogen-bond donors (Lipinski definition) is 0. The van der Waals surface area contributed by atoms with Crippen molar-refractivity contribution in [3.63, 3.8) is 0 Å². The van der Waals surface area contributed by atoms with E-state index in [1.807, 2.05) is 30.5 Å². The Kier molecular flexibility index (Phi) is 7.96. The number of benzene rings is 2. The van der Waals surface area contributed by atoms with Gasteiger partial charge in [0.2, 0.25) is 0 Å². The normalized spacial score (nSPS) is 15.2. The number of aldehydes is 1. The maximum absolute atomic E-state index is 11.6. The summed E-state index contributed by atoms with van der Waals surface area (Å²) in [6.45, 7) is 2.22. The predicted molar refractivity (Wildman–Crippen MR) is 133 cm³/mol. The van der Waals surface area contributed by atoms with E-state index in [0.717, 1.165) is 52.1 Å². The summed E-state index contributed by atoms with van der Waals surface area (Å²) in [5.41, 5.74) is 1.64. The molecular weight excluding hydrogens is 462 g/mol. The molecule has 186 valence electrons. The average Bonchev–Trinajstić information content (AvgIpc) is 3.40. The Morgan fingerprint density at radius 2 is 1.61 bits per heavy atom. The van der Waals surface area contributed by atoms with Crippen LogP contribution in [0.15, 0.2) is 48.8 Å². The van der Waals surface area contributed by atoms with Crippen LogP contribution < -0.4 is 9.47 Å². The molecule has 3 heterocycles. The first-order valence-electron chi connectivity index (χ1n) is 11.4. The predicted octanol–water partition coefficient (Wildman–Crippen LogP) is 3.08. The molecule has 10 nitrogen and oxygen atoms in total. The van der Waals surface area contributed by atoms with Crippen molar-refractivity contribution in [3.05, 3.63) is 60.4 Å². The number of methoxy groups -OCH3 is 3. The lowest BCUT2D eigenvalue weighted by atomic mass is 10.1. The third-order valence-corrected chi connectivity index (χ3v) is 5.92. The van der Waals surface area contributed by atoms with Gasteiger partial charge in [-0.25, -0.2) is 19.9 Å². The average molecular weight is 490 g/mol. The maximum Gasteiger partial charge on any atom is 0.310 e. The summed E-state index contributed by atoms with van der Waals surface area (Å²) >= 11 is 0. The SMILES string of the molecule is COC(=O)[C@@H]1CCN(Cc2ncc3cc(OC)ccc3n2)C1.COc1ccc2nc(C=O)ncc2c1. The van der Waals surface area contributed by atoms with Gasteiger partial charge >= 0.3 is 5.97 Å². The third-order valence-electron chi connectivity index (χ3n) is 5.92. The van der Waals surface area contributed by atoms with Gasteiger partial charge in [0.05, 0.1) is 44.8 Å².